The fourth-order valence-corrected chi connectivity index (χ4v) is 2.73. The Kier molecular flexibility index (Phi) is 4.63. The molecule has 0 aliphatic carbocycles. The number of fused-ring (bicyclic) bond motifs is 8. The van der Waals surface area contributed by atoms with E-state index in [0.717, 1.165) is 11.1 Å². The number of aryl methyl sites for hydroxylation is 2. The van der Waals surface area contributed by atoms with Gasteiger partial charge in [-0.3, -0.25) is 4.79 Å². The van der Waals surface area contributed by atoms with Crippen molar-refractivity contribution >= 4 is 5.78 Å². The van der Waals surface area contributed by atoms with Crippen LogP contribution < -0.4 is 4.74 Å². The second kappa shape index (κ2) is 6.84. The number of aromatic hydroxyl groups is 1. The van der Waals surface area contributed by atoms with Crippen LogP contribution in [0.15, 0.2) is 42.5 Å². The lowest BCUT2D eigenvalue weighted by Gasteiger charge is -2.10. The van der Waals surface area contributed by atoms with Crippen molar-refractivity contribution < 1.29 is 19.7 Å². The highest BCUT2D eigenvalue weighted by Crippen LogP contribution is 2.32. The van der Waals surface area contributed by atoms with Crippen LogP contribution in [-0.2, 0) is 17.6 Å². The Balaban J connectivity index is 1.91. The highest BCUT2D eigenvalue weighted by molar-refractivity contribution is 5.79. The maximum Gasteiger partial charge on any atom is 0.169 e. The number of carbonyl (C=O) groups excluding carboxylic acids is 1. The van der Waals surface area contributed by atoms with Crippen molar-refractivity contribution in [1.82, 2.24) is 0 Å². The van der Waals surface area contributed by atoms with Gasteiger partial charge in [-0.25, -0.2) is 0 Å². The van der Waals surface area contributed by atoms with E-state index in [0.29, 0.717) is 37.2 Å². The summed E-state index contributed by atoms with van der Waals surface area (Å²) in [5.41, 5.74) is 2.00. The van der Waals surface area contributed by atoms with Crippen LogP contribution in [0.25, 0.3) is 0 Å². The molecule has 2 aliphatic heterocycles. The van der Waals surface area contributed by atoms with E-state index in [4.69, 9.17) is 4.74 Å². The first-order chi connectivity index (χ1) is 11.1. The van der Waals surface area contributed by atoms with Gasteiger partial charge in [-0.05, 0) is 54.7 Å². The Labute approximate surface area is 135 Å². The number of benzene rings is 2. The average molecular weight is 312 g/mol. The summed E-state index contributed by atoms with van der Waals surface area (Å²) >= 11 is 0. The number of ketones is 1. The number of hydrogen-bond acceptors (Lipinski definition) is 4. The second-order valence-electron chi connectivity index (χ2n) is 5.98. The van der Waals surface area contributed by atoms with Gasteiger partial charge in [-0.1, -0.05) is 18.2 Å². The molecule has 2 aromatic carbocycles. The normalized spacial score (nSPS) is 18.8. The molecule has 4 nitrogen and oxygen atoms in total. The molecule has 0 spiro atoms. The van der Waals surface area contributed by atoms with Crippen molar-refractivity contribution in [2.75, 3.05) is 0 Å². The quantitative estimate of drug-likeness (QED) is 0.782. The zero-order chi connectivity index (χ0) is 16.2. The number of rotatable bonds is 0. The van der Waals surface area contributed by atoms with Gasteiger partial charge in [0.05, 0.1) is 6.10 Å². The molecule has 0 saturated heterocycles. The van der Waals surface area contributed by atoms with Crippen LogP contribution in [0.1, 0.15) is 30.4 Å². The number of Topliss-reactive ketones (excluding diaryl/α,β-unsaturated/α-hetero) is 1. The largest absolute Gasteiger partial charge is 0.504 e. The molecule has 4 heteroatoms. The monoisotopic (exact) mass is 312 g/mol. The lowest BCUT2D eigenvalue weighted by atomic mass is 10.0. The zero-order valence-electron chi connectivity index (χ0n) is 12.9. The molecule has 120 valence electrons. The lowest BCUT2D eigenvalue weighted by molar-refractivity contribution is -0.120. The van der Waals surface area contributed by atoms with E-state index in [2.05, 4.69) is 0 Å². The average Bonchev–Trinajstić information content (AvgIpc) is 2.55. The number of aliphatic hydroxyl groups is 1. The van der Waals surface area contributed by atoms with E-state index in [1.54, 1.807) is 18.2 Å². The predicted octanol–water partition coefficient (Wildman–Crippen LogP) is 3.38. The van der Waals surface area contributed by atoms with E-state index in [1.165, 1.54) is 0 Å². The van der Waals surface area contributed by atoms with Gasteiger partial charge in [0.25, 0.3) is 0 Å². The Hall–Kier alpha value is -2.33. The predicted molar refractivity (Wildman–Crippen MR) is 86.9 cm³/mol. The van der Waals surface area contributed by atoms with Gasteiger partial charge in [-0.2, -0.15) is 0 Å². The maximum absolute atomic E-state index is 12.0. The van der Waals surface area contributed by atoms with Gasteiger partial charge in [0.2, 0.25) is 0 Å². The minimum Gasteiger partial charge on any atom is -0.504 e. The van der Waals surface area contributed by atoms with Crippen LogP contribution in [0, 0.1) is 0 Å². The van der Waals surface area contributed by atoms with E-state index in [-0.39, 0.29) is 18.0 Å². The first-order valence-corrected chi connectivity index (χ1v) is 7.88. The number of carbonyl (C=O) groups is 1. The standard InChI is InChI=1S/C19H20O4/c20-15-6-1-13-3-8-17(9-4-13)23-19-11-14(5-10-18(19)22)2-7-16(21)12-15/h3-5,8-11,15,20,22H,1-2,6-7,12H2/t15-/m1/s1. The van der Waals surface area contributed by atoms with Gasteiger partial charge in [0, 0.05) is 12.8 Å². The van der Waals surface area contributed by atoms with E-state index >= 15 is 0 Å². The Bertz CT molecular complexity index is 691. The Morgan fingerprint density at radius 3 is 2.48 bits per heavy atom. The molecule has 0 amide bonds. The number of ether oxygens (including phenoxy) is 1. The second-order valence-corrected chi connectivity index (χ2v) is 5.98. The van der Waals surface area contributed by atoms with Gasteiger partial charge in [0.1, 0.15) is 11.5 Å². The van der Waals surface area contributed by atoms with Gasteiger partial charge < -0.3 is 14.9 Å². The number of aliphatic hydroxyl groups excluding tert-OH is 1. The van der Waals surface area contributed by atoms with Crippen molar-refractivity contribution in [2.24, 2.45) is 0 Å². The summed E-state index contributed by atoms with van der Waals surface area (Å²) < 4.78 is 5.74. The minimum absolute atomic E-state index is 0.0534. The van der Waals surface area contributed by atoms with E-state index in [1.807, 2.05) is 24.3 Å². The SMILES string of the molecule is O=C1CCc2ccc(O)c(c2)Oc2ccc(cc2)CC[C@@H](O)C1. The van der Waals surface area contributed by atoms with Gasteiger partial charge >= 0.3 is 0 Å². The molecule has 2 heterocycles. The van der Waals surface area contributed by atoms with Crippen LogP contribution in [0.3, 0.4) is 0 Å². The van der Waals surface area contributed by atoms with Crippen molar-refractivity contribution in [1.29, 1.82) is 0 Å². The minimum atomic E-state index is -0.598. The molecule has 1 atom stereocenters. The van der Waals surface area contributed by atoms with Crippen molar-refractivity contribution in [2.45, 2.75) is 38.2 Å². The number of phenolic OH excluding ortho intramolecular Hbond substituents is 1. The summed E-state index contributed by atoms with van der Waals surface area (Å²) in [6.45, 7) is 0. The number of phenols is 1. The van der Waals surface area contributed by atoms with Gasteiger partial charge in [-0.15, -0.1) is 0 Å². The molecule has 4 bridgehead atoms. The van der Waals surface area contributed by atoms with Crippen molar-refractivity contribution in [3.05, 3.63) is 53.6 Å². The summed E-state index contributed by atoms with van der Waals surface area (Å²) in [6.07, 6.45) is 1.83. The molecule has 23 heavy (non-hydrogen) atoms. The summed E-state index contributed by atoms with van der Waals surface area (Å²) in [7, 11) is 0. The molecular weight excluding hydrogens is 292 g/mol. The van der Waals surface area contributed by atoms with E-state index in [9.17, 15) is 15.0 Å². The van der Waals surface area contributed by atoms with E-state index < -0.39 is 6.10 Å². The third-order valence-corrected chi connectivity index (χ3v) is 4.10. The Morgan fingerprint density at radius 2 is 1.70 bits per heavy atom. The first-order valence-electron chi connectivity index (χ1n) is 7.88. The topological polar surface area (TPSA) is 66.8 Å². The summed E-state index contributed by atoms with van der Waals surface area (Å²) in [4.78, 5) is 12.0. The molecule has 0 radical (unpaired) electrons. The molecular formula is C19H20O4. The third kappa shape index (κ3) is 4.11. The van der Waals surface area contributed by atoms with Crippen LogP contribution in [0.4, 0.5) is 0 Å². The zero-order valence-corrected chi connectivity index (χ0v) is 12.9. The molecule has 2 aliphatic rings. The molecule has 0 saturated carbocycles. The summed E-state index contributed by atoms with van der Waals surface area (Å²) in [6, 6.07) is 12.7. The maximum atomic E-state index is 12.0. The third-order valence-electron chi connectivity index (χ3n) is 4.10. The smallest absolute Gasteiger partial charge is 0.169 e. The molecule has 4 rings (SSSR count). The van der Waals surface area contributed by atoms with Crippen molar-refractivity contribution in [3.8, 4) is 17.2 Å². The summed E-state index contributed by atoms with van der Waals surface area (Å²) in [5.74, 6) is 1.16. The van der Waals surface area contributed by atoms with Crippen LogP contribution in [0.2, 0.25) is 0 Å². The highest BCUT2D eigenvalue weighted by atomic mass is 16.5. The summed E-state index contributed by atoms with van der Waals surface area (Å²) in [5, 5.41) is 19.9. The van der Waals surface area contributed by atoms with Crippen LogP contribution >= 0.6 is 0 Å². The van der Waals surface area contributed by atoms with Gasteiger partial charge in [0.15, 0.2) is 11.5 Å². The molecule has 2 aromatic rings. The van der Waals surface area contributed by atoms with Crippen LogP contribution in [-0.4, -0.2) is 22.1 Å². The first kappa shape index (κ1) is 15.6. The van der Waals surface area contributed by atoms with Crippen molar-refractivity contribution in [3.63, 3.8) is 0 Å². The molecule has 2 N–H and O–H groups in total. The molecule has 0 unspecified atom stereocenters. The lowest BCUT2D eigenvalue weighted by Crippen LogP contribution is -2.14. The fourth-order valence-electron chi connectivity index (χ4n) is 2.73. The molecule has 0 aromatic heterocycles. The molecule has 0 fully saturated rings. The fraction of sp³-hybridized carbons (Fsp3) is 0.316. The van der Waals surface area contributed by atoms with Crippen LogP contribution in [0.5, 0.6) is 17.2 Å². The highest BCUT2D eigenvalue weighted by Gasteiger charge is 2.13. The Morgan fingerprint density at radius 1 is 0.957 bits per heavy atom. The number of hydrogen-bond donors (Lipinski definition) is 2.